The minimum atomic E-state index is -0.847. The zero-order chi connectivity index (χ0) is 12.0. The molecule has 0 atom stereocenters. The van der Waals surface area contributed by atoms with Crippen LogP contribution in [0.4, 0.5) is 0 Å². The van der Waals surface area contributed by atoms with Crippen LogP contribution in [0.1, 0.15) is 0 Å². The molecule has 2 aliphatic rings. The van der Waals surface area contributed by atoms with Gasteiger partial charge in [-0.3, -0.25) is 0 Å². The maximum atomic E-state index is 10.1. The molecule has 0 bridgehead atoms. The molecule has 9 heteroatoms. The highest BCUT2D eigenvalue weighted by Crippen LogP contribution is 2.18. The molecule has 2 rings (SSSR count). The molecule has 2 aliphatic heterocycles. The average molecular weight is 280 g/mol. The highest BCUT2D eigenvalue weighted by molar-refractivity contribution is 8.04. The van der Waals surface area contributed by atoms with Crippen LogP contribution in [0.25, 0.3) is 0 Å². The first-order chi connectivity index (χ1) is 7.61. The highest BCUT2D eigenvalue weighted by Gasteiger charge is 2.11. The molecule has 0 saturated carbocycles. The van der Waals surface area contributed by atoms with Gasteiger partial charge >= 0.3 is 11.9 Å². The molecule has 0 spiro atoms. The lowest BCUT2D eigenvalue weighted by Crippen LogP contribution is -1.95. The molecule has 6 N–H and O–H groups in total. The van der Waals surface area contributed by atoms with Crippen LogP contribution in [0.15, 0.2) is 22.2 Å². The van der Waals surface area contributed by atoms with Crippen LogP contribution in [-0.4, -0.2) is 39.4 Å². The first kappa shape index (κ1) is 15.7. The lowest BCUT2D eigenvalue weighted by Gasteiger charge is -1.85. The van der Waals surface area contributed by atoms with E-state index < -0.39 is 11.9 Å². The second-order valence-corrected chi connectivity index (χ2v) is 4.65. The third kappa shape index (κ3) is 5.52. The summed E-state index contributed by atoms with van der Waals surface area (Å²) in [6.07, 6.45) is 3.01. The summed E-state index contributed by atoms with van der Waals surface area (Å²) in [7, 11) is 0. The first-order valence-electron chi connectivity index (χ1n) is 4.20. The van der Waals surface area contributed by atoms with E-state index in [9.17, 15) is 9.59 Å². The fourth-order valence-corrected chi connectivity index (χ4v) is 2.06. The van der Waals surface area contributed by atoms with E-state index >= 15 is 0 Å². The third-order valence-corrected chi connectivity index (χ3v) is 3.34. The topological polar surface area (TPSA) is 130 Å². The number of thioether (sulfide) groups is 2. The van der Waals surface area contributed by atoms with Gasteiger partial charge in [0, 0.05) is 12.4 Å². The summed E-state index contributed by atoms with van der Waals surface area (Å²) >= 11 is 2.60. The Hall–Kier alpha value is -1.32. The number of hydrogen-bond donors (Lipinski definition) is 4. The summed E-state index contributed by atoms with van der Waals surface area (Å²) in [4.78, 5) is 20.9. The summed E-state index contributed by atoms with van der Waals surface area (Å²) in [5.74, 6) is -0.330. The molecule has 0 aromatic rings. The number of carboxylic acid groups (broad SMARTS) is 2. The molecule has 0 saturated heterocycles. The minimum Gasteiger partial charge on any atom is -0.477 e. The largest absolute Gasteiger partial charge is 0.477 e. The summed E-state index contributed by atoms with van der Waals surface area (Å²) in [6, 6.07) is 0. The van der Waals surface area contributed by atoms with E-state index in [1.807, 2.05) is 0 Å². The van der Waals surface area contributed by atoms with Gasteiger partial charge in [-0.05, 0) is 0 Å². The Balaban J connectivity index is 0.000000284. The lowest BCUT2D eigenvalue weighted by molar-refractivity contribution is -0.132. The van der Waals surface area contributed by atoms with Crippen molar-refractivity contribution in [2.75, 3.05) is 11.8 Å². The van der Waals surface area contributed by atoms with Crippen LogP contribution in [0.2, 0.25) is 0 Å². The second-order valence-electron chi connectivity index (χ2n) is 2.61. The van der Waals surface area contributed by atoms with Crippen molar-refractivity contribution < 1.29 is 25.3 Å². The zero-order valence-corrected chi connectivity index (χ0v) is 10.2. The molecular formula is C8H12N2O5S2. The van der Waals surface area contributed by atoms with Crippen molar-refractivity contribution in [3.8, 4) is 0 Å². The molecule has 17 heavy (non-hydrogen) atoms. The van der Waals surface area contributed by atoms with Crippen LogP contribution >= 0.6 is 23.5 Å². The van der Waals surface area contributed by atoms with E-state index in [2.05, 4.69) is 10.6 Å². The number of rotatable bonds is 2. The summed E-state index contributed by atoms with van der Waals surface area (Å²) in [5.41, 5.74) is 0. The Labute approximate surface area is 106 Å². The minimum absolute atomic E-state index is 0. The van der Waals surface area contributed by atoms with Gasteiger partial charge in [0.25, 0.3) is 0 Å². The molecule has 96 valence electrons. The van der Waals surface area contributed by atoms with Gasteiger partial charge in [-0.1, -0.05) is 23.5 Å². The van der Waals surface area contributed by atoms with Crippen molar-refractivity contribution in [1.82, 2.24) is 10.6 Å². The Kier molecular flexibility index (Phi) is 7.26. The highest BCUT2D eigenvalue weighted by atomic mass is 32.2. The van der Waals surface area contributed by atoms with Gasteiger partial charge in [0.05, 0.1) is 11.8 Å². The van der Waals surface area contributed by atoms with Crippen LogP contribution < -0.4 is 10.6 Å². The monoisotopic (exact) mass is 280 g/mol. The van der Waals surface area contributed by atoms with Crippen molar-refractivity contribution in [2.45, 2.75) is 0 Å². The molecule has 2 heterocycles. The summed E-state index contributed by atoms with van der Waals surface area (Å²) in [6.45, 7) is 0. The van der Waals surface area contributed by atoms with E-state index in [4.69, 9.17) is 10.2 Å². The predicted molar refractivity (Wildman–Crippen MR) is 66.2 cm³/mol. The maximum Gasteiger partial charge on any atom is 0.343 e. The van der Waals surface area contributed by atoms with Crippen molar-refractivity contribution >= 4 is 35.5 Å². The molecule has 0 radical (unpaired) electrons. The van der Waals surface area contributed by atoms with Gasteiger partial charge in [-0.15, -0.1) is 0 Å². The van der Waals surface area contributed by atoms with Gasteiger partial charge in [0.15, 0.2) is 0 Å². The maximum absolute atomic E-state index is 10.1. The Morgan fingerprint density at radius 3 is 1.47 bits per heavy atom. The molecule has 0 amide bonds. The fraction of sp³-hybridized carbons (Fsp3) is 0.250. The molecule has 0 fully saturated rings. The number of hydrogen-bond acceptors (Lipinski definition) is 6. The molecule has 0 aromatic heterocycles. The lowest BCUT2D eigenvalue weighted by atomic mass is 10.6. The van der Waals surface area contributed by atoms with Crippen LogP contribution in [0.3, 0.4) is 0 Å². The van der Waals surface area contributed by atoms with Gasteiger partial charge in [-0.25, -0.2) is 9.59 Å². The zero-order valence-electron chi connectivity index (χ0n) is 8.60. The van der Waals surface area contributed by atoms with Crippen LogP contribution in [0, 0.1) is 0 Å². The van der Waals surface area contributed by atoms with E-state index in [1.165, 1.54) is 35.9 Å². The third-order valence-electron chi connectivity index (χ3n) is 1.51. The molecule has 0 aromatic carbocycles. The summed E-state index contributed by atoms with van der Waals surface area (Å²) in [5, 5.41) is 22.1. The Morgan fingerprint density at radius 1 is 1.00 bits per heavy atom. The number of aliphatic carboxylic acids is 2. The van der Waals surface area contributed by atoms with Crippen LogP contribution in [-0.2, 0) is 9.59 Å². The predicted octanol–water partition coefficient (Wildman–Crippen LogP) is -0.412. The van der Waals surface area contributed by atoms with E-state index in [0.29, 0.717) is 21.6 Å². The Morgan fingerprint density at radius 2 is 1.35 bits per heavy atom. The van der Waals surface area contributed by atoms with Gasteiger partial charge < -0.3 is 26.3 Å². The van der Waals surface area contributed by atoms with Crippen molar-refractivity contribution in [2.24, 2.45) is 0 Å². The number of carboxylic acids is 2. The van der Waals surface area contributed by atoms with E-state index in [0.717, 1.165) is 0 Å². The van der Waals surface area contributed by atoms with Gasteiger partial charge in [0.1, 0.15) is 9.81 Å². The second kappa shape index (κ2) is 7.87. The first-order valence-corrected chi connectivity index (χ1v) is 6.17. The quantitative estimate of drug-likeness (QED) is 0.537. The van der Waals surface area contributed by atoms with Crippen molar-refractivity contribution in [3.63, 3.8) is 0 Å². The van der Waals surface area contributed by atoms with E-state index in [1.54, 1.807) is 0 Å². The number of carbonyl (C=O) groups is 2. The SMILES string of the molecule is O.O=C(O)C1=CNCS1.O=C(O)C1=CNCS1. The fourth-order valence-electron chi connectivity index (χ4n) is 0.838. The molecule has 0 unspecified atom stereocenters. The van der Waals surface area contributed by atoms with Crippen LogP contribution in [0.5, 0.6) is 0 Å². The molecule has 7 nitrogen and oxygen atoms in total. The smallest absolute Gasteiger partial charge is 0.343 e. The standard InChI is InChI=1S/2C4H5NO2S.H2O/c2*6-4(7)3-1-5-2-8-3;/h2*1,5H,2H2,(H,6,7);1H2. The van der Waals surface area contributed by atoms with E-state index in [-0.39, 0.29) is 5.48 Å². The molecular weight excluding hydrogens is 268 g/mol. The van der Waals surface area contributed by atoms with Gasteiger partial charge in [-0.2, -0.15) is 0 Å². The van der Waals surface area contributed by atoms with Crippen molar-refractivity contribution in [1.29, 1.82) is 0 Å². The van der Waals surface area contributed by atoms with Crippen molar-refractivity contribution in [3.05, 3.63) is 22.2 Å². The average Bonchev–Trinajstić information content (AvgIpc) is 2.93. The Bertz CT molecular complexity index is 322. The normalized spacial score (nSPS) is 16.2. The molecule has 0 aliphatic carbocycles. The summed E-state index contributed by atoms with van der Waals surface area (Å²) < 4.78 is 0. The van der Waals surface area contributed by atoms with Gasteiger partial charge in [0.2, 0.25) is 0 Å². The number of nitrogens with one attached hydrogen (secondary N) is 2.